The molecule has 1 aromatic heterocycles. The molecule has 3 nitrogen and oxygen atoms in total. The van der Waals surface area contributed by atoms with E-state index in [4.69, 9.17) is 4.74 Å². The Morgan fingerprint density at radius 3 is 2.43 bits per heavy atom. The fraction of sp³-hybridized carbons (Fsp3) is 0.444. The zero-order valence-electron chi connectivity index (χ0n) is 13.6. The third-order valence-electron chi connectivity index (χ3n) is 3.96. The van der Waals surface area contributed by atoms with Gasteiger partial charge in [0.25, 0.3) is 0 Å². The second-order valence-electron chi connectivity index (χ2n) is 5.63. The summed E-state index contributed by atoms with van der Waals surface area (Å²) in [7, 11) is 1.75. The molecular formula is C18H26N2O. The summed E-state index contributed by atoms with van der Waals surface area (Å²) in [6.45, 7) is 9.95. The maximum absolute atomic E-state index is 5.18. The molecule has 0 amide bonds. The molecule has 0 unspecified atom stereocenters. The van der Waals surface area contributed by atoms with E-state index >= 15 is 0 Å². The number of aryl methyl sites for hydroxylation is 2. The molecule has 0 atom stereocenters. The van der Waals surface area contributed by atoms with E-state index in [2.05, 4.69) is 61.0 Å². The fourth-order valence-electron chi connectivity index (χ4n) is 2.63. The highest BCUT2D eigenvalue weighted by atomic mass is 16.5. The molecule has 0 spiro atoms. The molecule has 21 heavy (non-hydrogen) atoms. The number of rotatable bonds is 7. The Kier molecular flexibility index (Phi) is 5.59. The van der Waals surface area contributed by atoms with Crippen molar-refractivity contribution in [2.75, 3.05) is 13.7 Å². The monoisotopic (exact) mass is 286 g/mol. The lowest BCUT2D eigenvalue weighted by molar-refractivity contribution is 0.186. The van der Waals surface area contributed by atoms with Crippen molar-refractivity contribution in [2.45, 2.75) is 40.4 Å². The molecule has 0 saturated heterocycles. The molecule has 0 fully saturated rings. The van der Waals surface area contributed by atoms with Gasteiger partial charge in [-0.05, 0) is 38.0 Å². The van der Waals surface area contributed by atoms with E-state index in [0.717, 1.165) is 26.2 Å². The van der Waals surface area contributed by atoms with Crippen LogP contribution >= 0.6 is 0 Å². The van der Waals surface area contributed by atoms with E-state index in [-0.39, 0.29) is 0 Å². The predicted molar refractivity (Wildman–Crippen MR) is 87.5 cm³/mol. The zero-order valence-corrected chi connectivity index (χ0v) is 13.6. The van der Waals surface area contributed by atoms with Gasteiger partial charge < -0.3 is 14.6 Å². The van der Waals surface area contributed by atoms with Crippen LogP contribution in [-0.4, -0.2) is 18.3 Å². The summed E-state index contributed by atoms with van der Waals surface area (Å²) in [5.41, 5.74) is 6.64. The molecule has 114 valence electrons. The van der Waals surface area contributed by atoms with Crippen molar-refractivity contribution < 1.29 is 4.74 Å². The van der Waals surface area contributed by atoms with Crippen molar-refractivity contribution in [3.8, 4) is 0 Å². The smallest absolute Gasteiger partial charge is 0.0641 e. The summed E-state index contributed by atoms with van der Waals surface area (Å²) in [5, 5.41) is 3.53. The minimum Gasteiger partial charge on any atom is -0.383 e. The van der Waals surface area contributed by atoms with E-state index in [9.17, 15) is 0 Å². The van der Waals surface area contributed by atoms with Gasteiger partial charge in [0.2, 0.25) is 0 Å². The number of ether oxygens (including phenoxy) is 1. The molecule has 2 aromatic rings. The maximum atomic E-state index is 5.18. The van der Waals surface area contributed by atoms with Gasteiger partial charge in [-0.1, -0.05) is 29.8 Å². The van der Waals surface area contributed by atoms with Crippen molar-refractivity contribution in [2.24, 2.45) is 0 Å². The number of nitrogens with one attached hydrogen (secondary N) is 1. The van der Waals surface area contributed by atoms with Crippen molar-refractivity contribution in [3.05, 3.63) is 58.4 Å². The predicted octanol–water partition coefficient (Wildman–Crippen LogP) is 3.35. The van der Waals surface area contributed by atoms with Gasteiger partial charge in [0.05, 0.1) is 6.61 Å². The quantitative estimate of drug-likeness (QED) is 0.845. The Hall–Kier alpha value is -1.58. The summed E-state index contributed by atoms with van der Waals surface area (Å²) >= 11 is 0. The number of aromatic nitrogens is 1. The SMILES string of the molecule is COCCn1c(C)cc(CNCc2ccc(C)cc2)c1C. The van der Waals surface area contributed by atoms with Gasteiger partial charge >= 0.3 is 0 Å². The summed E-state index contributed by atoms with van der Waals surface area (Å²) in [6.07, 6.45) is 0. The van der Waals surface area contributed by atoms with E-state index in [1.165, 1.54) is 28.1 Å². The van der Waals surface area contributed by atoms with Crippen LogP contribution in [0.4, 0.5) is 0 Å². The average molecular weight is 286 g/mol. The molecule has 1 N–H and O–H groups in total. The first kappa shape index (κ1) is 15.8. The molecule has 0 aliphatic rings. The highest BCUT2D eigenvalue weighted by Crippen LogP contribution is 2.15. The normalized spacial score (nSPS) is 11.0. The van der Waals surface area contributed by atoms with Crippen LogP contribution in [0, 0.1) is 20.8 Å². The van der Waals surface area contributed by atoms with Gasteiger partial charge in [0.15, 0.2) is 0 Å². The van der Waals surface area contributed by atoms with Crippen LogP contribution < -0.4 is 5.32 Å². The lowest BCUT2D eigenvalue weighted by Gasteiger charge is -2.09. The van der Waals surface area contributed by atoms with Gasteiger partial charge in [-0.3, -0.25) is 0 Å². The second-order valence-corrected chi connectivity index (χ2v) is 5.63. The van der Waals surface area contributed by atoms with Crippen LogP contribution in [0.25, 0.3) is 0 Å². The molecule has 0 aliphatic carbocycles. The highest BCUT2D eigenvalue weighted by molar-refractivity contribution is 5.27. The number of methoxy groups -OCH3 is 1. The number of benzene rings is 1. The summed E-state index contributed by atoms with van der Waals surface area (Å²) in [6, 6.07) is 11.0. The Balaban J connectivity index is 1.92. The zero-order chi connectivity index (χ0) is 15.2. The first-order chi connectivity index (χ1) is 10.1. The van der Waals surface area contributed by atoms with Crippen LogP contribution in [-0.2, 0) is 24.4 Å². The maximum Gasteiger partial charge on any atom is 0.0641 e. The summed E-state index contributed by atoms with van der Waals surface area (Å²) < 4.78 is 7.50. The van der Waals surface area contributed by atoms with Crippen LogP contribution in [0.3, 0.4) is 0 Å². The fourth-order valence-corrected chi connectivity index (χ4v) is 2.63. The molecule has 2 rings (SSSR count). The number of hydrogen-bond donors (Lipinski definition) is 1. The lowest BCUT2D eigenvalue weighted by atomic mass is 10.1. The standard InChI is InChI=1S/C18H26N2O/c1-14-5-7-17(8-6-14)12-19-13-18-11-15(2)20(16(18)3)9-10-21-4/h5-8,11,19H,9-10,12-13H2,1-4H3. The Morgan fingerprint density at radius 1 is 1.05 bits per heavy atom. The first-order valence-electron chi connectivity index (χ1n) is 7.52. The molecule has 0 bridgehead atoms. The van der Waals surface area contributed by atoms with Crippen LogP contribution in [0.15, 0.2) is 30.3 Å². The van der Waals surface area contributed by atoms with E-state index in [0.29, 0.717) is 0 Å². The number of nitrogens with zero attached hydrogens (tertiary/aromatic N) is 1. The molecular weight excluding hydrogens is 260 g/mol. The van der Waals surface area contributed by atoms with Gasteiger partial charge in [0, 0.05) is 38.1 Å². The number of hydrogen-bond acceptors (Lipinski definition) is 2. The molecule has 0 aliphatic heterocycles. The molecule has 1 aromatic carbocycles. The van der Waals surface area contributed by atoms with Crippen molar-refractivity contribution in [3.63, 3.8) is 0 Å². The Bertz CT molecular complexity index is 570. The van der Waals surface area contributed by atoms with Gasteiger partial charge in [-0.25, -0.2) is 0 Å². The Labute approximate surface area is 127 Å². The van der Waals surface area contributed by atoms with Gasteiger partial charge in [0.1, 0.15) is 0 Å². The van der Waals surface area contributed by atoms with E-state index in [1.54, 1.807) is 7.11 Å². The van der Waals surface area contributed by atoms with Crippen molar-refractivity contribution in [1.82, 2.24) is 9.88 Å². The van der Waals surface area contributed by atoms with E-state index < -0.39 is 0 Å². The molecule has 3 heteroatoms. The second kappa shape index (κ2) is 7.43. The van der Waals surface area contributed by atoms with Crippen molar-refractivity contribution >= 4 is 0 Å². The largest absolute Gasteiger partial charge is 0.383 e. The minimum absolute atomic E-state index is 0.757. The average Bonchev–Trinajstić information content (AvgIpc) is 2.74. The van der Waals surface area contributed by atoms with Gasteiger partial charge in [-0.2, -0.15) is 0 Å². The highest BCUT2D eigenvalue weighted by Gasteiger charge is 2.08. The lowest BCUT2D eigenvalue weighted by Crippen LogP contribution is -2.14. The summed E-state index contributed by atoms with van der Waals surface area (Å²) in [4.78, 5) is 0. The van der Waals surface area contributed by atoms with Crippen LogP contribution in [0.1, 0.15) is 28.1 Å². The molecule has 0 saturated carbocycles. The summed E-state index contributed by atoms with van der Waals surface area (Å²) in [5.74, 6) is 0. The minimum atomic E-state index is 0.757. The van der Waals surface area contributed by atoms with E-state index in [1.807, 2.05) is 0 Å². The topological polar surface area (TPSA) is 26.2 Å². The Morgan fingerprint density at radius 2 is 1.76 bits per heavy atom. The molecule has 0 radical (unpaired) electrons. The van der Waals surface area contributed by atoms with Gasteiger partial charge in [-0.15, -0.1) is 0 Å². The third-order valence-corrected chi connectivity index (χ3v) is 3.96. The third kappa shape index (κ3) is 4.19. The molecule has 1 heterocycles. The first-order valence-corrected chi connectivity index (χ1v) is 7.52. The van der Waals surface area contributed by atoms with Crippen molar-refractivity contribution in [1.29, 1.82) is 0 Å². The van der Waals surface area contributed by atoms with Crippen LogP contribution in [0.5, 0.6) is 0 Å². The van der Waals surface area contributed by atoms with Crippen LogP contribution in [0.2, 0.25) is 0 Å².